The van der Waals surface area contributed by atoms with Gasteiger partial charge in [0.15, 0.2) is 10.3 Å². The zero-order chi connectivity index (χ0) is 37.0. The van der Waals surface area contributed by atoms with Gasteiger partial charge in [-0.25, -0.2) is 9.98 Å². The van der Waals surface area contributed by atoms with Crippen molar-refractivity contribution >= 4 is 70.3 Å². The fourth-order valence-electron chi connectivity index (χ4n) is 5.08. The maximum absolute atomic E-state index is 10.3. The van der Waals surface area contributed by atoms with E-state index < -0.39 is 5.97 Å². The first-order valence-corrected chi connectivity index (χ1v) is 20.5. The van der Waals surface area contributed by atoms with Crippen LogP contribution < -0.4 is 15.8 Å². The summed E-state index contributed by atoms with van der Waals surface area (Å²) < 4.78 is 5.68. The van der Waals surface area contributed by atoms with E-state index in [-0.39, 0.29) is 49.5 Å². The molecule has 4 aromatic rings. The maximum Gasteiger partial charge on any atom is 2.00 e. The number of benzene rings is 3. The van der Waals surface area contributed by atoms with E-state index in [9.17, 15) is 4.79 Å². The van der Waals surface area contributed by atoms with Gasteiger partial charge in [-0.1, -0.05) is 145 Å². The molecule has 7 N–H and O–H groups in total. The number of unbranched alkanes of at least 4 members (excludes halogenated alkanes) is 14. The van der Waals surface area contributed by atoms with Gasteiger partial charge in [0.05, 0.1) is 15.9 Å². The molecule has 0 atom stereocenters. The van der Waals surface area contributed by atoms with Crippen molar-refractivity contribution in [3.05, 3.63) is 84.9 Å². The van der Waals surface area contributed by atoms with Crippen molar-refractivity contribution < 1.29 is 40.3 Å². The van der Waals surface area contributed by atoms with Gasteiger partial charge in [0, 0.05) is 17.6 Å². The van der Waals surface area contributed by atoms with Crippen LogP contribution in [0.4, 0.5) is 11.4 Å². The Labute approximate surface area is 359 Å². The van der Waals surface area contributed by atoms with Gasteiger partial charge in [0.2, 0.25) is 0 Å². The summed E-state index contributed by atoms with van der Waals surface area (Å²) in [5.74, 6) is -0.267. The standard InChI is InChI=1S/C18H36O2.C13H13N3.C11H14N2S2.H2O.O.H2S.Zn/c1-2-3-4-5-6-7-8-9-10-11-12-13-14-15-16-17-18(19)20;14-13(15-11-7-3-1-4-8-11)16-12-9-5-2-6-10-12;1-11(2,3)13-15-10-12-8-6-4-5-7-9(8)14-10;;;;/h2-17H2,1H3,(H,19,20);1-10H,(H3,14,15,16);4-7,13H,1-3H3;1H2;;1H2;/q;;;;-2;;+2. The zero-order valence-electron chi connectivity index (χ0n) is 33.7. The Balaban J connectivity index is -0.000000717. The van der Waals surface area contributed by atoms with E-state index in [0.717, 1.165) is 34.1 Å². The minimum absolute atomic E-state index is 0. The number of carboxylic acid groups (broad SMARTS) is 1. The van der Waals surface area contributed by atoms with Crippen molar-refractivity contribution in [3.8, 4) is 0 Å². The smallest absolute Gasteiger partial charge is 2.00 e. The summed E-state index contributed by atoms with van der Waals surface area (Å²) in [5, 5.41) is 11.5. The van der Waals surface area contributed by atoms with Gasteiger partial charge in [0.25, 0.3) is 0 Å². The molecule has 0 aliphatic carbocycles. The van der Waals surface area contributed by atoms with Crippen molar-refractivity contribution in [1.29, 1.82) is 0 Å². The number of nitrogens with zero attached hydrogens (tertiary/aromatic N) is 2. The number of thiazole rings is 1. The molecule has 3 aromatic carbocycles. The van der Waals surface area contributed by atoms with Crippen LogP contribution in [0.1, 0.15) is 130 Å². The quantitative estimate of drug-likeness (QED) is 0.0225. The molecule has 4 rings (SSSR count). The zero-order valence-corrected chi connectivity index (χ0v) is 39.3. The Morgan fingerprint density at radius 3 is 1.69 bits per heavy atom. The number of hydrogen-bond acceptors (Lipinski definition) is 6. The van der Waals surface area contributed by atoms with Crippen LogP contribution in [-0.4, -0.2) is 33.0 Å². The van der Waals surface area contributed by atoms with Gasteiger partial charge in [-0.15, -0.1) is 11.3 Å². The Morgan fingerprint density at radius 2 is 1.22 bits per heavy atom. The normalized spacial score (nSPS) is 10.5. The number of fused-ring (bicyclic) bond motifs is 1. The summed E-state index contributed by atoms with van der Waals surface area (Å²) >= 11 is 3.34. The molecule has 0 unspecified atom stereocenters. The third-order valence-corrected chi connectivity index (χ3v) is 10.1. The number of carbonyl (C=O) groups is 1. The molecule has 1 heterocycles. The molecule has 55 heavy (non-hydrogen) atoms. The Hall–Kier alpha value is -2.51. The molecule has 0 aliphatic heterocycles. The average molecular weight is 868 g/mol. The molecule has 1 aromatic heterocycles. The predicted octanol–water partition coefficient (Wildman–Crippen LogP) is 11.9. The van der Waals surface area contributed by atoms with E-state index in [2.05, 4.69) is 53.8 Å². The Kier molecular flexibility index (Phi) is 37.1. The van der Waals surface area contributed by atoms with Crippen LogP contribution >= 0.6 is 36.8 Å². The Morgan fingerprint density at radius 1 is 0.764 bits per heavy atom. The molecule has 0 saturated heterocycles. The van der Waals surface area contributed by atoms with Gasteiger partial charge in [-0.3, -0.25) is 9.52 Å². The van der Waals surface area contributed by atoms with Crippen molar-refractivity contribution in [2.24, 2.45) is 10.7 Å². The molecular weight excluding hydrogens is 800 g/mol. The number of nitrogens with one attached hydrogen (secondary N) is 2. The number of rotatable bonds is 20. The van der Waals surface area contributed by atoms with E-state index in [1.165, 1.54) is 88.2 Å². The molecule has 0 radical (unpaired) electrons. The minimum atomic E-state index is -0.653. The van der Waals surface area contributed by atoms with Crippen molar-refractivity contribution in [3.63, 3.8) is 0 Å². The summed E-state index contributed by atoms with van der Waals surface area (Å²) in [6, 6.07) is 27.5. The number of hydrogen-bond donors (Lipinski definition) is 4. The largest absolute Gasteiger partial charge is 2.00 e. The third kappa shape index (κ3) is 31.3. The molecule has 13 heteroatoms. The number of anilines is 1. The van der Waals surface area contributed by atoms with Crippen LogP contribution in [0.3, 0.4) is 0 Å². The van der Waals surface area contributed by atoms with E-state index in [0.29, 0.717) is 12.4 Å². The number of aromatic nitrogens is 1. The van der Waals surface area contributed by atoms with Gasteiger partial charge < -0.3 is 27.1 Å². The fraction of sp³-hybridized carbons (Fsp3) is 0.500. The first kappa shape index (κ1) is 56.8. The molecule has 9 nitrogen and oxygen atoms in total. The summed E-state index contributed by atoms with van der Waals surface area (Å²) in [7, 11) is 0. The first-order chi connectivity index (χ1) is 24.7. The van der Waals surface area contributed by atoms with Crippen LogP contribution in [0.15, 0.2) is 94.3 Å². The molecule has 0 aliphatic rings. The average Bonchev–Trinajstić information content (AvgIpc) is 3.54. The van der Waals surface area contributed by atoms with Crippen LogP contribution in [0, 0.1) is 0 Å². The third-order valence-electron chi connectivity index (χ3n) is 7.76. The fourth-order valence-corrected chi connectivity index (χ4v) is 6.87. The predicted molar refractivity (Wildman–Crippen MR) is 238 cm³/mol. The maximum atomic E-state index is 10.3. The van der Waals surface area contributed by atoms with Gasteiger partial charge in [-0.05, 0) is 75.5 Å². The Bertz CT molecular complexity index is 1460. The number of nitrogens with two attached hydrogens (primary N) is 1. The van der Waals surface area contributed by atoms with E-state index in [4.69, 9.17) is 10.8 Å². The summed E-state index contributed by atoms with van der Waals surface area (Å²) in [5.41, 5.74) is 8.74. The van der Waals surface area contributed by atoms with Crippen LogP contribution in [0.2, 0.25) is 0 Å². The number of carboxylic acids is 1. The molecular formula is C42H67N5O4S3Zn. The molecule has 0 fully saturated rings. The molecule has 0 amide bonds. The number of aliphatic carboxylic acids is 1. The van der Waals surface area contributed by atoms with Gasteiger partial charge in [0.1, 0.15) is 0 Å². The van der Waals surface area contributed by atoms with E-state index in [1.807, 2.05) is 78.9 Å². The molecule has 0 bridgehead atoms. The number of aliphatic imine (C=N–C) groups is 1. The second-order valence-corrected chi connectivity index (χ2v) is 15.9. The topological polar surface area (TPSA) is 173 Å². The monoisotopic (exact) mass is 865 g/mol. The van der Waals surface area contributed by atoms with Crippen LogP contribution in [-0.2, 0) is 29.7 Å². The number of guanidine groups is 1. The second-order valence-electron chi connectivity index (χ2n) is 13.8. The van der Waals surface area contributed by atoms with Crippen LogP contribution in [0.5, 0.6) is 0 Å². The SMILES string of the molecule is CC(C)(C)NSc1nc2ccccc2s1.CCCCCCCCCCCCCCCCCC(=O)O.NC(=Nc1ccccc1)Nc1ccccc1.O.S.[O-2].[Zn+2]. The van der Waals surface area contributed by atoms with Crippen molar-refractivity contribution in [2.75, 3.05) is 5.32 Å². The van der Waals surface area contributed by atoms with Crippen molar-refractivity contribution in [2.45, 2.75) is 140 Å². The summed E-state index contributed by atoms with van der Waals surface area (Å²) in [6.45, 7) is 8.71. The second kappa shape index (κ2) is 35.9. The van der Waals surface area contributed by atoms with E-state index in [1.54, 1.807) is 23.3 Å². The first-order valence-electron chi connectivity index (χ1n) is 18.9. The van der Waals surface area contributed by atoms with E-state index >= 15 is 0 Å². The van der Waals surface area contributed by atoms with Crippen LogP contribution in [0.25, 0.3) is 10.2 Å². The molecule has 0 saturated carbocycles. The summed E-state index contributed by atoms with van der Waals surface area (Å²) in [4.78, 5) is 19.1. The van der Waals surface area contributed by atoms with Gasteiger partial charge in [-0.2, -0.15) is 13.5 Å². The molecule has 304 valence electrons. The molecule has 0 spiro atoms. The summed E-state index contributed by atoms with van der Waals surface area (Å²) in [6.07, 6.45) is 20.2. The van der Waals surface area contributed by atoms with Gasteiger partial charge >= 0.3 is 25.4 Å². The van der Waals surface area contributed by atoms with Crippen molar-refractivity contribution in [1.82, 2.24) is 9.71 Å². The minimum Gasteiger partial charge on any atom is -2.00 e. The number of para-hydroxylation sites is 3.